The molecule has 0 aliphatic carbocycles. The zero-order valence-electron chi connectivity index (χ0n) is 18.3. The Morgan fingerprint density at radius 3 is 2.63 bits per heavy atom. The quantitative estimate of drug-likeness (QED) is 0.805. The van der Waals surface area contributed by atoms with Gasteiger partial charge in [-0.15, -0.1) is 0 Å². The first-order valence-electron chi connectivity index (χ1n) is 10.7. The van der Waals surface area contributed by atoms with Crippen molar-refractivity contribution < 1.29 is 8.42 Å². The fourth-order valence-corrected chi connectivity index (χ4v) is 6.14. The summed E-state index contributed by atoms with van der Waals surface area (Å²) in [6.45, 7) is 6.17. The Bertz CT molecular complexity index is 1050. The van der Waals surface area contributed by atoms with Crippen LogP contribution in [0.3, 0.4) is 0 Å². The van der Waals surface area contributed by atoms with Crippen LogP contribution in [-0.4, -0.2) is 54.8 Å². The van der Waals surface area contributed by atoms with Crippen molar-refractivity contribution in [2.45, 2.75) is 57.0 Å². The first kappa shape index (κ1) is 21.2. The van der Waals surface area contributed by atoms with Crippen LogP contribution in [0.4, 0.5) is 5.82 Å². The van der Waals surface area contributed by atoms with E-state index >= 15 is 0 Å². The minimum absolute atomic E-state index is 0.338. The molecule has 1 N–H and O–H groups in total. The number of piperidine rings is 1. The lowest BCUT2D eigenvalue weighted by atomic mass is 10.0. The Kier molecular flexibility index (Phi) is 5.83. The second kappa shape index (κ2) is 8.24. The normalized spacial score (nSPS) is 20.7. The summed E-state index contributed by atoms with van der Waals surface area (Å²) in [4.78, 5) is 12.3. The second-order valence-electron chi connectivity index (χ2n) is 8.47. The molecule has 1 unspecified atom stereocenters. The molecule has 0 saturated carbocycles. The van der Waals surface area contributed by atoms with E-state index in [1.165, 1.54) is 0 Å². The van der Waals surface area contributed by atoms with Crippen molar-refractivity contribution in [3.63, 3.8) is 0 Å². The molecule has 2 aliphatic heterocycles. The van der Waals surface area contributed by atoms with E-state index in [2.05, 4.69) is 17.3 Å². The minimum atomic E-state index is -3.63. The van der Waals surface area contributed by atoms with Gasteiger partial charge in [0.25, 0.3) is 0 Å². The van der Waals surface area contributed by atoms with E-state index in [0.29, 0.717) is 17.3 Å². The Labute approximate surface area is 179 Å². The molecule has 0 radical (unpaired) electrons. The SMILES string of the molecule is CNc1nc(C2CCCCN2S(=O)(=O)c2ccc(C)c(C)c2)nc2c1CCN(C)C2. The number of hydrogen-bond acceptors (Lipinski definition) is 6. The molecule has 8 heteroatoms. The Balaban J connectivity index is 1.76. The molecule has 1 aromatic heterocycles. The molecule has 1 aromatic carbocycles. The van der Waals surface area contributed by atoms with Crippen LogP contribution in [0, 0.1) is 13.8 Å². The van der Waals surface area contributed by atoms with Crippen molar-refractivity contribution in [2.24, 2.45) is 0 Å². The van der Waals surface area contributed by atoms with Crippen molar-refractivity contribution in [3.05, 3.63) is 46.4 Å². The second-order valence-corrected chi connectivity index (χ2v) is 10.4. The summed E-state index contributed by atoms with van der Waals surface area (Å²) in [6.07, 6.45) is 3.46. The summed E-state index contributed by atoms with van der Waals surface area (Å²) in [5.74, 6) is 1.44. The molecular weight excluding hydrogens is 398 g/mol. The molecule has 1 atom stereocenters. The van der Waals surface area contributed by atoms with Gasteiger partial charge in [-0.3, -0.25) is 0 Å². The maximum Gasteiger partial charge on any atom is 0.243 e. The van der Waals surface area contributed by atoms with Crippen LogP contribution in [0.25, 0.3) is 0 Å². The highest BCUT2D eigenvalue weighted by Crippen LogP contribution is 2.36. The van der Waals surface area contributed by atoms with Gasteiger partial charge < -0.3 is 10.2 Å². The summed E-state index contributed by atoms with van der Waals surface area (Å²) in [7, 11) is 0.327. The number of nitrogens with zero attached hydrogens (tertiary/aromatic N) is 4. The van der Waals surface area contributed by atoms with Gasteiger partial charge in [-0.2, -0.15) is 4.31 Å². The van der Waals surface area contributed by atoms with E-state index in [9.17, 15) is 8.42 Å². The molecule has 0 bridgehead atoms. The summed E-state index contributed by atoms with van der Waals surface area (Å²) in [5.41, 5.74) is 4.23. The molecule has 2 aromatic rings. The van der Waals surface area contributed by atoms with Crippen molar-refractivity contribution >= 4 is 15.8 Å². The number of aromatic nitrogens is 2. The van der Waals surface area contributed by atoms with Gasteiger partial charge in [-0.05, 0) is 63.4 Å². The molecule has 3 heterocycles. The zero-order chi connectivity index (χ0) is 21.5. The predicted molar refractivity (Wildman–Crippen MR) is 118 cm³/mol. The molecule has 30 heavy (non-hydrogen) atoms. The van der Waals surface area contributed by atoms with Crippen LogP contribution < -0.4 is 5.32 Å². The number of anilines is 1. The van der Waals surface area contributed by atoms with E-state index in [0.717, 1.165) is 67.0 Å². The number of rotatable bonds is 4. The van der Waals surface area contributed by atoms with E-state index in [4.69, 9.17) is 9.97 Å². The van der Waals surface area contributed by atoms with Crippen molar-refractivity contribution in [1.82, 2.24) is 19.2 Å². The van der Waals surface area contributed by atoms with Crippen molar-refractivity contribution in [1.29, 1.82) is 0 Å². The number of nitrogens with one attached hydrogen (secondary N) is 1. The summed E-state index contributed by atoms with van der Waals surface area (Å²) in [6, 6.07) is 5.03. The number of hydrogen-bond donors (Lipinski definition) is 1. The number of sulfonamides is 1. The number of benzene rings is 1. The van der Waals surface area contributed by atoms with Gasteiger partial charge in [0, 0.05) is 32.2 Å². The lowest BCUT2D eigenvalue weighted by Crippen LogP contribution is -2.40. The Morgan fingerprint density at radius 1 is 1.10 bits per heavy atom. The highest BCUT2D eigenvalue weighted by molar-refractivity contribution is 7.89. The van der Waals surface area contributed by atoms with Crippen LogP contribution in [0.5, 0.6) is 0 Å². The molecule has 2 aliphatic rings. The van der Waals surface area contributed by atoms with Gasteiger partial charge >= 0.3 is 0 Å². The highest BCUT2D eigenvalue weighted by atomic mass is 32.2. The van der Waals surface area contributed by atoms with Crippen LogP contribution in [-0.2, 0) is 23.0 Å². The maximum atomic E-state index is 13.6. The average Bonchev–Trinajstić information content (AvgIpc) is 2.74. The molecule has 1 saturated heterocycles. The molecule has 162 valence electrons. The van der Waals surface area contributed by atoms with Crippen LogP contribution in [0.15, 0.2) is 23.1 Å². The van der Waals surface area contributed by atoms with E-state index in [1.807, 2.05) is 27.0 Å². The minimum Gasteiger partial charge on any atom is -0.373 e. The third-order valence-corrected chi connectivity index (χ3v) is 8.25. The highest BCUT2D eigenvalue weighted by Gasteiger charge is 2.37. The van der Waals surface area contributed by atoms with Crippen LogP contribution in [0.1, 0.15) is 53.5 Å². The number of likely N-dealkylation sites (N-methyl/N-ethyl adjacent to an activating group) is 1. The van der Waals surface area contributed by atoms with Gasteiger partial charge in [0.05, 0.1) is 16.6 Å². The molecule has 7 nitrogen and oxygen atoms in total. The first-order valence-corrected chi connectivity index (χ1v) is 12.1. The predicted octanol–water partition coefficient (Wildman–Crippen LogP) is 3.04. The molecule has 4 rings (SSSR count). The van der Waals surface area contributed by atoms with E-state index in [-0.39, 0.29) is 6.04 Å². The summed E-state index contributed by atoms with van der Waals surface area (Å²) < 4.78 is 28.8. The van der Waals surface area contributed by atoms with Crippen molar-refractivity contribution in [3.8, 4) is 0 Å². The van der Waals surface area contributed by atoms with Crippen LogP contribution in [0.2, 0.25) is 0 Å². The fraction of sp³-hybridized carbons (Fsp3) is 0.545. The maximum absolute atomic E-state index is 13.6. The van der Waals surface area contributed by atoms with Gasteiger partial charge in [0.1, 0.15) is 11.6 Å². The van der Waals surface area contributed by atoms with Gasteiger partial charge in [0.15, 0.2) is 0 Å². The lowest BCUT2D eigenvalue weighted by Gasteiger charge is -2.35. The van der Waals surface area contributed by atoms with Gasteiger partial charge in [-0.1, -0.05) is 12.5 Å². The monoisotopic (exact) mass is 429 g/mol. The summed E-state index contributed by atoms with van der Waals surface area (Å²) in [5, 5.41) is 3.21. The summed E-state index contributed by atoms with van der Waals surface area (Å²) >= 11 is 0. The third kappa shape index (κ3) is 3.84. The van der Waals surface area contributed by atoms with Crippen molar-refractivity contribution in [2.75, 3.05) is 32.5 Å². The molecule has 1 fully saturated rings. The Morgan fingerprint density at radius 2 is 1.90 bits per heavy atom. The molecule has 0 amide bonds. The first-order chi connectivity index (χ1) is 14.3. The third-order valence-electron chi connectivity index (χ3n) is 6.35. The number of fused-ring (bicyclic) bond motifs is 1. The smallest absolute Gasteiger partial charge is 0.243 e. The van der Waals surface area contributed by atoms with Gasteiger partial charge in [0.2, 0.25) is 10.0 Å². The fourth-order valence-electron chi connectivity index (χ4n) is 4.40. The molecule has 0 spiro atoms. The van der Waals surface area contributed by atoms with E-state index in [1.54, 1.807) is 16.4 Å². The van der Waals surface area contributed by atoms with Gasteiger partial charge in [-0.25, -0.2) is 18.4 Å². The Hall–Kier alpha value is -2.03. The lowest BCUT2D eigenvalue weighted by molar-refractivity contribution is 0.244. The van der Waals surface area contributed by atoms with E-state index < -0.39 is 10.0 Å². The average molecular weight is 430 g/mol. The van der Waals surface area contributed by atoms with Crippen LogP contribution >= 0.6 is 0 Å². The topological polar surface area (TPSA) is 78.4 Å². The number of aryl methyl sites for hydroxylation is 2. The zero-order valence-corrected chi connectivity index (χ0v) is 19.1. The largest absolute Gasteiger partial charge is 0.373 e. The molecular formula is C22H31N5O2S. The standard InChI is InChI=1S/C22H31N5O2S/c1-15-8-9-17(13-16(15)2)30(28,29)27-11-6-5-7-20(27)22-24-19-14-26(4)12-10-18(19)21(23-3)25-22/h8-9,13,20H,5-7,10-12,14H2,1-4H3,(H,23,24,25).